The Balaban J connectivity index is 2.49. The molecule has 1 aromatic carbocycles. The summed E-state index contributed by atoms with van der Waals surface area (Å²) in [6.07, 6.45) is 2.53. The second-order valence-corrected chi connectivity index (χ2v) is 10.3. The van der Waals surface area contributed by atoms with Gasteiger partial charge in [0.2, 0.25) is 0 Å². The van der Waals surface area contributed by atoms with E-state index in [9.17, 15) is 49.5 Å². The first-order chi connectivity index (χ1) is 18.9. The normalized spacial score (nSPS) is 18.0. The SMILES string of the molecule is O=C(O)CN(CC(=O)O)C1CCCCC1N(CC(=O)O)C[C@H](Cc1ccc(NI)cc1)N(CC(=O)O)CC(=O)O. The fourth-order valence-electron chi connectivity index (χ4n) is 5.29. The van der Waals surface area contributed by atoms with Crippen LogP contribution in [0.5, 0.6) is 0 Å². The molecule has 1 aliphatic rings. The van der Waals surface area contributed by atoms with Gasteiger partial charge in [0.25, 0.3) is 0 Å². The fourth-order valence-corrected chi connectivity index (χ4v) is 5.65. The standard InChI is InChI=1S/C25H35IN4O10/c26-27-17-7-5-16(6-8-17)9-18(28(11-21(31)32)12-22(33)34)10-29(13-23(35)36)19-3-1-2-4-20(19)30(14-24(37)38)15-25(39)40/h5-8,18-20,27H,1-4,9-15H2,(H,31,32)(H,33,34)(H,35,36)(H,37,38)(H,39,40)/t18-,19?,20?/m0/s1. The largest absolute Gasteiger partial charge is 0.480 e. The molecule has 1 saturated carbocycles. The van der Waals surface area contributed by atoms with Gasteiger partial charge in [-0.25, -0.2) is 0 Å². The van der Waals surface area contributed by atoms with E-state index in [2.05, 4.69) is 3.53 Å². The Hall–Kier alpha value is -3.02. The smallest absolute Gasteiger partial charge is 0.317 e. The summed E-state index contributed by atoms with van der Waals surface area (Å²) in [7, 11) is 0. The molecule has 15 heteroatoms. The van der Waals surface area contributed by atoms with Crippen molar-refractivity contribution in [2.24, 2.45) is 0 Å². The third kappa shape index (κ3) is 11.2. The van der Waals surface area contributed by atoms with Gasteiger partial charge in [0.15, 0.2) is 0 Å². The number of benzene rings is 1. The van der Waals surface area contributed by atoms with Gasteiger partial charge in [-0.15, -0.1) is 0 Å². The monoisotopic (exact) mass is 678 g/mol. The first kappa shape index (κ1) is 33.2. The number of carboxylic acids is 5. The average molecular weight is 678 g/mol. The van der Waals surface area contributed by atoms with Crippen molar-refractivity contribution in [3.8, 4) is 0 Å². The van der Waals surface area contributed by atoms with Crippen molar-refractivity contribution in [1.29, 1.82) is 0 Å². The molecule has 0 amide bonds. The Bertz CT molecular complexity index is 1010. The number of carboxylic acid groups (broad SMARTS) is 5. The summed E-state index contributed by atoms with van der Waals surface area (Å²) < 4.78 is 2.96. The number of anilines is 1. The molecule has 14 nitrogen and oxygen atoms in total. The molecule has 1 aromatic rings. The average Bonchev–Trinajstić information content (AvgIpc) is 2.86. The van der Waals surface area contributed by atoms with Gasteiger partial charge in [0.1, 0.15) is 0 Å². The quantitative estimate of drug-likeness (QED) is 0.0946. The minimum Gasteiger partial charge on any atom is -0.480 e. The predicted octanol–water partition coefficient (Wildman–Crippen LogP) is 1.000. The van der Waals surface area contributed by atoms with Crippen LogP contribution >= 0.6 is 22.9 Å². The highest BCUT2D eigenvalue weighted by atomic mass is 127. The molecule has 0 spiro atoms. The maximum absolute atomic E-state index is 12.0. The van der Waals surface area contributed by atoms with Crippen LogP contribution in [0.4, 0.5) is 5.69 Å². The third-order valence-electron chi connectivity index (χ3n) is 6.82. The van der Waals surface area contributed by atoms with Crippen LogP contribution in [0.1, 0.15) is 31.2 Å². The van der Waals surface area contributed by atoms with E-state index >= 15 is 0 Å². The summed E-state index contributed by atoms with van der Waals surface area (Å²) in [5, 5.41) is 47.7. The van der Waals surface area contributed by atoms with Crippen molar-refractivity contribution in [3.63, 3.8) is 0 Å². The highest BCUT2D eigenvalue weighted by Gasteiger charge is 2.38. The summed E-state index contributed by atoms with van der Waals surface area (Å²) in [6.45, 7) is -2.78. The number of hydrogen-bond donors (Lipinski definition) is 6. The Kier molecular flexibility index (Phi) is 13.5. The summed E-state index contributed by atoms with van der Waals surface area (Å²) in [5.74, 6) is -6.10. The van der Waals surface area contributed by atoms with Crippen molar-refractivity contribution < 1.29 is 49.5 Å². The molecule has 3 atom stereocenters. The zero-order chi connectivity index (χ0) is 29.8. The van der Waals surface area contributed by atoms with Gasteiger partial charge >= 0.3 is 29.8 Å². The van der Waals surface area contributed by atoms with Crippen LogP contribution < -0.4 is 3.53 Å². The lowest BCUT2D eigenvalue weighted by molar-refractivity contribution is -0.146. The molecule has 2 rings (SSSR count). The highest BCUT2D eigenvalue weighted by molar-refractivity contribution is 14.1. The minimum absolute atomic E-state index is 0.0334. The molecule has 0 radical (unpaired) electrons. The molecule has 222 valence electrons. The number of rotatable bonds is 18. The highest BCUT2D eigenvalue weighted by Crippen LogP contribution is 2.28. The minimum atomic E-state index is -1.25. The van der Waals surface area contributed by atoms with Gasteiger partial charge in [0.05, 0.1) is 55.6 Å². The summed E-state index contributed by atoms with van der Waals surface area (Å²) in [4.78, 5) is 62.6. The van der Waals surface area contributed by atoms with E-state index in [4.69, 9.17) is 0 Å². The molecule has 1 fully saturated rings. The molecular formula is C25H35IN4O10. The first-order valence-corrected chi connectivity index (χ1v) is 13.7. The van der Waals surface area contributed by atoms with E-state index in [1.165, 1.54) is 9.80 Å². The van der Waals surface area contributed by atoms with E-state index in [0.29, 0.717) is 25.7 Å². The van der Waals surface area contributed by atoms with Crippen LogP contribution in [0, 0.1) is 0 Å². The summed E-state index contributed by atoms with van der Waals surface area (Å²) in [5.41, 5.74) is 1.60. The van der Waals surface area contributed by atoms with Crippen LogP contribution in [-0.4, -0.2) is 127 Å². The number of nitrogens with zero attached hydrogens (tertiary/aromatic N) is 3. The zero-order valence-electron chi connectivity index (χ0n) is 21.8. The molecule has 0 aromatic heterocycles. The van der Waals surface area contributed by atoms with Crippen molar-refractivity contribution in [1.82, 2.24) is 14.7 Å². The number of nitrogens with one attached hydrogen (secondary N) is 1. The summed E-state index contributed by atoms with van der Waals surface area (Å²) >= 11 is 1.97. The molecule has 0 saturated heterocycles. The van der Waals surface area contributed by atoms with Crippen LogP contribution in [0.3, 0.4) is 0 Å². The number of hydrogen-bond acceptors (Lipinski definition) is 9. The Morgan fingerprint density at radius 3 is 1.57 bits per heavy atom. The van der Waals surface area contributed by atoms with Crippen molar-refractivity contribution in [3.05, 3.63) is 29.8 Å². The van der Waals surface area contributed by atoms with Gasteiger partial charge in [-0.3, -0.25) is 38.7 Å². The van der Waals surface area contributed by atoms with Gasteiger partial charge in [-0.1, -0.05) is 25.0 Å². The molecule has 2 unspecified atom stereocenters. The van der Waals surface area contributed by atoms with E-state index in [1.54, 1.807) is 29.2 Å². The van der Waals surface area contributed by atoms with E-state index in [0.717, 1.165) is 11.3 Å². The molecule has 6 N–H and O–H groups in total. The van der Waals surface area contributed by atoms with Gasteiger partial charge < -0.3 is 29.1 Å². The second-order valence-electron chi connectivity index (χ2n) is 9.78. The third-order valence-corrected chi connectivity index (χ3v) is 7.44. The number of aliphatic carboxylic acids is 5. The van der Waals surface area contributed by atoms with E-state index in [1.807, 2.05) is 22.9 Å². The second kappa shape index (κ2) is 16.3. The van der Waals surface area contributed by atoms with Crippen LogP contribution in [-0.2, 0) is 30.4 Å². The zero-order valence-corrected chi connectivity index (χ0v) is 24.0. The Labute approximate surface area is 245 Å². The number of halogens is 1. The molecule has 0 heterocycles. The van der Waals surface area contributed by atoms with Crippen LogP contribution in [0.2, 0.25) is 0 Å². The molecule has 1 aliphatic carbocycles. The summed E-state index contributed by atoms with van der Waals surface area (Å²) in [6, 6.07) is 5.36. The van der Waals surface area contributed by atoms with Gasteiger partial charge in [-0.05, 0) is 37.0 Å². The van der Waals surface area contributed by atoms with Crippen LogP contribution in [0.15, 0.2) is 24.3 Å². The molecule has 0 aliphatic heterocycles. The Morgan fingerprint density at radius 2 is 1.15 bits per heavy atom. The maximum atomic E-state index is 12.0. The topological polar surface area (TPSA) is 208 Å². The van der Waals surface area contributed by atoms with Crippen molar-refractivity contribution in [2.75, 3.05) is 42.8 Å². The number of carbonyl (C=O) groups is 5. The van der Waals surface area contributed by atoms with E-state index < -0.39 is 80.7 Å². The van der Waals surface area contributed by atoms with Gasteiger partial charge in [-0.2, -0.15) is 0 Å². The maximum Gasteiger partial charge on any atom is 0.317 e. The van der Waals surface area contributed by atoms with Crippen molar-refractivity contribution in [2.45, 2.75) is 50.2 Å². The van der Waals surface area contributed by atoms with E-state index in [-0.39, 0.29) is 13.0 Å². The lowest BCUT2D eigenvalue weighted by atomic mass is 9.87. The van der Waals surface area contributed by atoms with Crippen LogP contribution in [0.25, 0.3) is 0 Å². The molecule has 0 bridgehead atoms. The first-order valence-electron chi connectivity index (χ1n) is 12.7. The van der Waals surface area contributed by atoms with Gasteiger partial charge in [0, 0.05) is 30.4 Å². The Morgan fingerprint density at radius 1 is 0.725 bits per heavy atom. The lowest BCUT2D eigenvalue weighted by Crippen LogP contribution is -2.59. The predicted molar refractivity (Wildman–Crippen MR) is 151 cm³/mol. The molecule has 40 heavy (non-hydrogen) atoms. The molecular weight excluding hydrogens is 643 g/mol. The fraction of sp³-hybridized carbons (Fsp3) is 0.560. The lowest BCUT2D eigenvalue weighted by Gasteiger charge is -2.45. The van der Waals surface area contributed by atoms with Crippen molar-refractivity contribution >= 4 is 58.4 Å².